The highest BCUT2D eigenvalue weighted by Crippen LogP contribution is 2.62. The SMILES string of the molecule is C1CCC2(C1)CC1CCC2C1. The van der Waals surface area contributed by atoms with Gasteiger partial charge >= 0.3 is 0 Å². The number of rotatable bonds is 0. The van der Waals surface area contributed by atoms with E-state index in [0.29, 0.717) is 0 Å². The maximum Gasteiger partial charge on any atom is -0.0266 e. The van der Waals surface area contributed by atoms with Crippen molar-refractivity contribution in [1.82, 2.24) is 0 Å². The van der Waals surface area contributed by atoms with Crippen LogP contribution in [0.2, 0.25) is 0 Å². The van der Waals surface area contributed by atoms with E-state index in [2.05, 4.69) is 0 Å². The summed E-state index contributed by atoms with van der Waals surface area (Å²) < 4.78 is 0. The van der Waals surface area contributed by atoms with E-state index in [1.54, 1.807) is 51.4 Å². The van der Waals surface area contributed by atoms with Crippen molar-refractivity contribution in [3.8, 4) is 0 Å². The van der Waals surface area contributed by atoms with Gasteiger partial charge in [0.2, 0.25) is 0 Å². The Hall–Kier alpha value is 0. The van der Waals surface area contributed by atoms with Gasteiger partial charge in [0.25, 0.3) is 0 Å². The van der Waals surface area contributed by atoms with Gasteiger partial charge in [0, 0.05) is 0 Å². The van der Waals surface area contributed by atoms with Crippen molar-refractivity contribution in [3.05, 3.63) is 0 Å². The first-order chi connectivity index (χ1) is 5.39. The van der Waals surface area contributed by atoms with Gasteiger partial charge in [-0.1, -0.05) is 19.3 Å². The predicted octanol–water partition coefficient (Wildman–Crippen LogP) is 3.37. The zero-order valence-electron chi connectivity index (χ0n) is 7.31. The molecule has 2 unspecified atom stereocenters. The second-order valence-corrected chi connectivity index (χ2v) is 5.15. The topological polar surface area (TPSA) is 0 Å². The Bertz CT molecular complexity index is 165. The van der Waals surface area contributed by atoms with Crippen LogP contribution in [-0.2, 0) is 0 Å². The molecule has 1 spiro atoms. The van der Waals surface area contributed by atoms with Crippen LogP contribution in [0.5, 0.6) is 0 Å². The first-order valence-electron chi connectivity index (χ1n) is 5.39. The third-order valence-corrected chi connectivity index (χ3v) is 4.70. The molecule has 0 aromatic rings. The summed E-state index contributed by atoms with van der Waals surface area (Å²) in [5, 5.41) is 0. The summed E-state index contributed by atoms with van der Waals surface area (Å²) in [5.74, 6) is 2.34. The second-order valence-electron chi connectivity index (χ2n) is 5.15. The van der Waals surface area contributed by atoms with E-state index in [-0.39, 0.29) is 0 Å². The van der Waals surface area contributed by atoms with Gasteiger partial charge in [0.1, 0.15) is 0 Å². The van der Waals surface area contributed by atoms with E-state index in [4.69, 9.17) is 0 Å². The molecule has 11 heavy (non-hydrogen) atoms. The van der Waals surface area contributed by atoms with Gasteiger partial charge in [-0.05, 0) is 49.4 Å². The number of hydrogen-bond donors (Lipinski definition) is 0. The second kappa shape index (κ2) is 2.02. The minimum absolute atomic E-state index is 0.906. The molecule has 2 bridgehead atoms. The maximum absolute atomic E-state index is 1.62. The Morgan fingerprint density at radius 2 is 1.82 bits per heavy atom. The highest BCUT2D eigenvalue weighted by molar-refractivity contribution is 5.02. The van der Waals surface area contributed by atoms with Gasteiger partial charge in [-0.2, -0.15) is 0 Å². The minimum atomic E-state index is 0.906. The lowest BCUT2D eigenvalue weighted by Gasteiger charge is -2.33. The Balaban J connectivity index is 1.88. The summed E-state index contributed by atoms with van der Waals surface area (Å²) in [6.07, 6.45) is 12.7. The average molecular weight is 150 g/mol. The predicted molar refractivity (Wildman–Crippen MR) is 46.3 cm³/mol. The summed E-state index contributed by atoms with van der Waals surface area (Å²) >= 11 is 0. The molecule has 0 radical (unpaired) electrons. The smallest absolute Gasteiger partial charge is 0.0266 e. The van der Waals surface area contributed by atoms with Crippen molar-refractivity contribution in [2.45, 2.75) is 51.4 Å². The minimum Gasteiger partial charge on any atom is -0.0527 e. The number of fused-ring (bicyclic) bond motifs is 3. The molecule has 0 N–H and O–H groups in total. The molecule has 3 saturated carbocycles. The van der Waals surface area contributed by atoms with Crippen LogP contribution in [0.3, 0.4) is 0 Å². The molecule has 0 aromatic carbocycles. The van der Waals surface area contributed by atoms with Crippen LogP contribution < -0.4 is 0 Å². The van der Waals surface area contributed by atoms with Gasteiger partial charge in [-0.25, -0.2) is 0 Å². The lowest BCUT2D eigenvalue weighted by atomic mass is 9.72. The van der Waals surface area contributed by atoms with Gasteiger partial charge in [-0.3, -0.25) is 0 Å². The van der Waals surface area contributed by atoms with Crippen LogP contribution in [0.4, 0.5) is 0 Å². The first-order valence-corrected chi connectivity index (χ1v) is 5.39. The van der Waals surface area contributed by atoms with Crippen molar-refractivity contribution in [2.24, 2.45) is 17.3 Å². The summed E-state index contributed by atoms with van der Waals surface area (Å²) in [5.41, 5.74) is 0.906. The quantitative estimate of drug-likeness (QED) is 0.496. The van der Waals surface area contributed by atoms with Crippen molar-refractivity contribution < 1.29 is 0 Å². The van der Waals surface area contributed by atoms with Crippen molar-refractivity contribution in [1.29, 1.82) is 0 Å². The molecule has 0 heterocycles. The fourth-order valence-corrected chi connectivity index (χ4v) is 4.25. The average Bonchev–Trinajstić information content (AvgIpc) is 2.64. The standard InChI is InChI=1S/C11H18/c1-2-6-11(5-1)8-9-3-4-10(11)7-9/h9-10H,1-8H2. The van der Waals surface area contributed by atoms with Crippen molar-refractivity contribution >= 4 is 0 Å². The Morgan fingerprint density at radius 3 is 2.36 bits per heavy atom. The molecule has 2 atom stereocenters. The van der Waals surface area contributed by atoms with Crippen molar-refractivity contribution in [3.63, 3.8) is 0 Å². The largest absolute Gasteiger partial charge is 0.0527 e. The van der Waals surface area contributed by atoms with E-state index >= 15 is 0 Å². The van der Waals surface area contributed by atoms with E-state index in [9.17, 15) is 0 Å². The van der Waals surface area contributed by atoms with Crippen LogP contribution in [0.1, 0.15) is 51.4 Å². The fraction of sp³-hybridized carbons (Fsp3) is 1.00. The molecule has 0 aliphatic heterocycles. The maximum atomic E-state index is 1.62. The highest BCUT2D eigenvalue weighted by Gasteiger charge is 2.51. The van der Waals surface area contributed by atoms with Gasteiger partial charge < -0.3 is 0 Å². The Morgan fingerprint density at radius 1 is 1.00 bits per heavy atom. The third kappa shape index (κ3) is 0.761. The summed E-state index contributed by atoms with van der Waals surface area (Å²) in [4.78, 5) is 0. The molecule has 3 fully saturated rings. The van der Waals surface area contributed by atoms with Crippen LogP contribution in [-0.4, -0.2) is 0 Å². The van der Waals surface area contributed by atoms with E-state index in [1.807, 2.05) is 0 Å². The van der Waals surface area contributed by atoms with Crippen LogP contribution >= 0.6 is 0 Å². The van der Waals surface area contributed by atoms with E-state index in [0.717, 1.165) is 11.3 Å². The fourth-order valence-electron chi connectivity index (χ4n) is 4.25. The zero-order chi connectivity index (χ0) is 7.31. The Kier molecular flexibility index (Phi) is 1.20. The molecule has 3 rings (SSSR count). The molecule has 0 saturated heterocycles. The highest BCUT2D eigenvalue weighted by atomic mass is 14.6. The Labute approximate surface area is 69.4 Å². The number of hydrogen-bond acceptors (Lipinski definition) is 0. The molecule has 3 aliphatic carbocycles. The lowest BCUT2D eigenvalue weighted by Crippen LogP contribution is -2.23. The molecular weight excluding hydrogens is 132 g/mol. The van der Waals surface area contributed by atoms with E-state index in [1.165, 1.54) is 5.92 Å². The van der Waals surface area contributed by atoms with Crippen LogP contribution in [0, 0.1) is 17.3 Å². The molecule has 3 aliphatic rings. The zero-order valence-corrected chi connectivity index (χ0v) is 7.31. The van der Waals surface area contributed by atoms with Gasteiger partial charge in [-0.15, -0.1) is 0 Å². The van der Waals surface area contributed by atoms with E-state index < -0.39 is 0 Å². The summed E-state index contributed by atoms with van der Waals surface area (Å²) in [6.45, 7) is 0. The normalized spacial score (nSPS) is 45.8. The molecule has 0 aromatic heterocycles. The molecule has 0 amide bonds. The van der Waals surface area contributed by atoms with Crippen molar-refractivity contribution in [2.75, 3.05) is 0 Å². The molecule has 0 nitrogen and oxygen atoms in total. The lowest BCUT2D eigenvalue weighted by molar-refractivity contribution is 0.171. The van der Waals surface area contributed by atoms with Crippen LogP contribution in [0.15, 0.2) is 0 Å². The first kappa shape index (κ1) is 6.51. The molecular formula is C11H18. The molecule has 0 heteroatoms. The summed E-state index contributed by atoms with van der Waals surface area (Å²) in [7, 11) is 0. The van der Waals surface area contributed by atoms with Gasteiger partial charge in [0.05, 0.1) is 0 Å². The summed E-state index contributed by atoms with van der Waals surface area (Å²) in [6, 6.07) is 0. The van der Waals surface area contributed by atoms with Crippen LogP contribution in [0.25, 0.3) is 0 Å². The monoisotopic (exact) mass is 150 g/mol. The molecule has 62 valence electrons. The van der Waals surface area contributed by atoms with Gasteiger partial charge in [0.15, 0.2) is 0 Å². The third-order valence-electron chi connectivity index (χ3n) is 4.70.